The summed E-state index contributed by atoms with van der Waals surface area (Å²) in [7, 11) is 3.99. The van der Waals surface area contributed by atoms with Gasteiger partial charge in [-0.25, -0.2) is 5.01 Å². The summed E-state index contributed by atoms with van der Waals surface area (Å²) in [5.41, 5.74) is 2.86. The van der Waals surface area contributed by atoms with E-state index in [0.717, 1.165) is 17.0 Å². The first-order valence-corrected chi connectivity index (χ1v) is 8.39. The van der Waals surface area contributed by atoms with Crippen LogP contribution in [0.4, 0.5) is 5.69 Å². The highest BCUT2D eigenvalue weighted by atomic mass is 16.3. The van der Waals surface area contributed by atoms with Crippen molar-refractivity contribution >= 4 is 17.3 Å². The molecule has 6 nitrogen and oxygen atoms in total. The van der Waals surface area contributed by atoms with Gasteiger partial charge in [-0.1, -0.05) is 12.1 Å². The van der Waals surface area contributed by atoms with Gasteiger partial charge in [0.2, 0.25) is 0 Å². The van der Waals surface area contributed by atoms with Gasteiger partial charge in [0, 0.05) is 26.2 Å². The number of benzene rings is 1. The molecule has 1 atom stereocenters. The van der Waals surface area contributed by atoms with Crippen LogP contribution in [0, 0.1) is 0 Å². The zero-order chi connectivity index (χ0) is 18.1. The highest BCUT2D eigenvalue weighted by Gasteiger charge is 2.35. The molecule has 0 saturated heterocycles. The van der Waals surface area contributed by atoms with E-state index in [2.05, 4.69) is 5.10 Å². The topological polar surface area (TPSA) is 62.2 Å². The standard InChI is InChI=1S/C20H19N3O3/c1-22(2)15-9-7-14(8-10-15)17-13-16(18-5-3-11-25-18)21-23(17)20(24)19-6-4-12-26-19/h3-12,17H,13H2,1-2H3. The predicted molar refractivity (Wildman–Crippen MR) is 98.2 cm³/mol. The second kappa shape index (κ2) is 6.55. The van der Waals surface area contributed by atoms with E-state index >= 15 is 0 Å². The lowest BCUT2D eigenvalue weighted by atomic mass is 10.0. The molecule has 1 aliphatic rings. The lowest BCUT2D eigenvalue weighted by molar-refractivity contribution is 0.0678. The van der Waals surface area contributed by atoms with Crippen molar-refractivity contribution in [3.63, 3.8) is 0 Å². The Morgan fingerprint density at radius 1 is 1.08 bits per heavy atom. The van der Waals surface area contributed by atoms with Crippen molar-refractivity contribution in [3.8, 4) is 0 Å². The number of rotatable bonds is 4. The Morgan fingerprint density at radius 3 is 2.42 bits per heavy atom. The van der Waals surface area contributed by atoms with Crippen molar-refractivity contribution in [1.29, 1.82) is 0 Å². The number of anilines is 1. The van der Waals surface area contributed by atoms with Crippen molar-refractivity contribution in [3.05, 3.63) is 78.1 Å². The zero-order valence-corrected chi connectivity index (χ0v) is 14.6. The Labute approximate surface area is 151 Å². The van der Waals surface area contributed by atoms with Gasteiger partial charge >= 0.3 is 5.91 Å². The third-order valence-electron chi connectivity index (χ3n) is 4.45. The number of furan rings is 2. The van der Waals surface area contributed by atoms with E-state index in [1.54, 1.807) is 18.4 Å². The molecule has 2 aromatic heterocycles. The van der Waals surface area contributed by atoms with Gasteiger partial charge in [0.15, 0.2) is 5.76 Å². The molecule has 26 heavy (non-hydrogen) atoms. The minimum atomic E-state index is -0.266. The normalized spacial score (nSPS) is 16.6. The fourth-order valence-electron chi connectivity index (χ4n) is 3.06. The van der Waals surface area contributed by atoms with Crippen LogP contribution in [0.2, 0.25) is 0 Å². The molecule has 1 amide bonds. The fraction of sp³-hybridized carbons (Fsp3) is 0.200. The highest BCUT2D eigenvalue weighted by Crippen LogP contribution is 2.34. The van der Waals surface area contributed by atoms with Crippen molar-refractivity contribution in [2.24, 2.45) is 5.10 Å². The maximum atomic E-state index is 12.9. The van der Waals surface area contributed by atoms with Gasteiger partial charge < -0.3 is 13.7 Å². The van der Waals surface area contributed by atoms with Crippen molar-refractivity contribution < 1.29 is 13.6 Å². The third kappa shape index (κ3) is 2.90. The van der Waals surface area contributed by atoms with E-state index in [9.17, 15) is 4.79 Å². The van der Waals surface area contributed by atoms with E-state index in [-0.39, 0.29) is 17.7 Å². The number of carbonyl (C=O) groups excluding carboxylic acids is 1. The monoisotopic (exact) mass is 349 g/mol. The summed E-state index contributed by atoms with van der Waals surface area (Å²) in [6, 6.07) is 14.9. The number of amides is 1. The largest absolute Gasteiger partial charge is 0.463 e. The quantitative estimate of drug-likeness (QED) is 0.716. The maximum absolute atomic E-state index is 12.9. The van der Waals surface area contributed by atoms with Crippen LogP contribution >= 0.6 is 0 Å². The van der Waals surface area contributed by atoms with Crippen LogP contribution in [0.1, 0.15) is 34.3 Å². The second-order valence-electron chi connectivity index (χ2n) is 6.36. The first-order chi connectivity index (χ1) is 12.6. The number of nitrogens with zero attached hydrogens (tertiary/aromatic N) is 3. The molecule has 0 spiro atoms. The molecule has 1 unspecified atom stereocenters. The summed E-state index contributed by atoms with van der Waals surface area (Å²) in [6.45, 7) is 0. The van der Waals surface area contributed by atoms with Crippen molar-refractivity contribution in [2.75, 3.05) is 19.0 Å². The zero-order valence-electron chi connectivity index (χ0n) is 14.6. The lowest BCUT2D eigenvalue weighted by Gasteiger charge is -2.22. The Kier molecular flexibility index (Phi) is 4.08. The molecule has 6 heteroatoms. The van der Waals surface area contributed by atoms with E-state index in [1.807, 2.05) is 55.4 Å². The molecule has 0 bridgehead atoms. The first-order valence-electron chi connectivity index (χ1n) is 8.39. The third-order valence-corrected chi connectivity index (χ3v) is 4.45. The van der Waals surface area contributed by atoms with Crippen LogP contribution in [0.25, 0.3) is 0 Å². The minimum absolute atomic E-state index is 0.205. The van der Waals surface area contributed by atoms with Gasteiger partial charge in [0.25, 0.3) is 0 Å². The van der Waals surface area contributed by atoms with Gasteiger partial charge in [0.1, 0.15) is 11.5 Å². The van der Waals surface area contributed by atoms with Gasteiger partial charge in [-0.2, -0.15) is 5.10 Å². The summed E-state index contributed by atoms with van der Waals surface area (Å²) >= 11 is 0. The molecule has 0 N–H and O–H groups in total. The summed E-state index contributed by atoms with van der Waals surface area (Å²) in [5, 5.41) is 6.03. The summed E-state index contributed by atoms with van der Waals surface area (Å²) < 4.78 is 10.7. The number of hydrazone groups is 1. The molecule has 0 radical (unpaired) electrons. The number of hydrogen-bond donors (Lipinski definition) is 0. The van der Waals surface area contributed by atoms with Gasteiger partial charge in [0.05, 0.1) is 18.6 Å². The fourth-order valence-corrected chi connectivity index (χ4v) is 3.06. The molecule has 4 rings (SSSR count). The number of carbonyl (C=O) groups is 1. The van der Waals surface area contributed by atoms with Crippen LogP contribution in [-0.2, 0) is 0 Å². The maximum Gasteiger partial charge on any atom is 0.310 e. The summed E-state index contributed by atoms with van der Waals surface area (Å²) in [4.78, 5) is 14.9. The Morgan fingerprint density at radius 2 is 1.81 bits per heavy atom. The minimum Gasteiger partial charge on any atom is -0.463 e. The lowest BCUT2D eigenvalue weighted by Crippen LogP contribution is -2.26. The molecular formula is C20H19N3O3. The average Bonchev–Trinajstić information content (AvgIpc) is 3.42. The first kappa shape index (κ1) is 16.2. The molecule has 1 aliphatic heterocycles. The molecular weight excluding hydrogens is 330 g/mol. The Hall–Kier alpha value is -3.28. The van der Waals surface area contributed by atoms with Crippen molar-refractivity contribution in [2.45, 2.75) is 12.5 Å². The molecule has 0 saturated carbocycles. The van der Waals surface area contributed by atoms with Crippen LogP contribution < -0.4 is 4.90 Å². The second-order valence-corrected chi connectivity index (χ2v) is 6.36. The number of hydrogen-bond acceptors (Lipinski definition) is 5. The van der Waals surface area contributed by atoms with Gasteiger partial charge in [-0.05, 0) is 42.0 Å². The molecule has 132 valence electrons. The highest BCUT2D eigenvalue weighted by molar-refractivity contribution is 6.02. The van der Waals surface area contributed by atoms with Crippen LogP contribution in [-0.4, -0.2) is 30.7 Å². The predicted octanol–water partition coefficient (Wildman–Crippen LogP) is 3.93. The van der Waals surface area contributed by atoms with Gasteiger partial charge in [-0.3, -0.25) is 4.79 Å². The Balaban J connectivity index is 1.69. The molecule has 3 heterocycles. The van der Waals surface area contributed by atoms with E-state index in [0.29, 0.717) is 12.2 Å². The van der Waals surface area contributed by atoms with Gasteiger partial charge in [-0.15, -0.1) is 0 Å². The molecule has 0 aliphatic carbocycles. The summed E-state index contributed by atoms with van der Waals surface area (Å²) in [6.07, 6.45) is 3.68. The smallest absolute Gasteiger partial charge is 0.310 e. The van der Waals surface area contributed by atoms with E-state index in [1.165, 1.54) is 11.3 Å². The Bertz CT molecular complexity index is 910. The summed E-state index contributed by atoms with van der Waals surface area (Å²) in [5.74, 6) is 0.678. The average molecular weight is 349 g/mol. The van der Waals surface area contributed by atoms with Crippen LogP contribution in [0.5, 0.6) is 0 Å². The van der Waals surface area contributed by atoms with Crippen LogP contribution in [0.3, 0.4) is 0 Å². The molecule has 1 aromatic carbocycles. The molecule has 3 aromatic rings. The van der Waals surface area contributed by atoms with Crippen LogP contribution in [0.15, 0.2) is 75.0 Å². The van der Waals surface area contributed by atoms with E-state index in [4.69, 9.17) is 8.83 Å². The van der Waals surface area contributed by atoms with E-state index < -0.39 is 0 Å². The van der Waals surface area contributed by atoms with Crippen molar-refractivity contribution in [1.82, 2.24) is 5.01 Å². The molecule has 0 fully saturated rings. The SMILES string of the molecule is CN(C)c1ccc(C2CC(c3ccco3)=NN2C(=O)c2ccco2)cc1.